The van der Waals surface area contributed by atoms with Crippen LogP contribution in [0.5, 0.6) is 5.75 Å². The summed E-state index contributed by atoms with van der Waals surface area (Å²) in [6, 6.07) is 8.50. The Morgan fingerprint density at radius 1 is 1.17 bits per heavy atom. The summed E-state index contributed by atoms with van der Waals surface area (Å²) in [6.07, 6.45) is -1.27. The molecule has 7 heteroatoms. The molecule has 0 radical (unpaired) electrons. The van der Waals surface area contributed by atoms with Crippen LogP contribution in [0.15, 0.2) is 42.7 Å². The first-order valence-electron chi connectivity index (χ1n) is 6.97. The average Bonchev–Trinajstić information content (AvgIpc) is 2.54. The molecule has 4 nitrogen and oxygen atoms in total. The predicted molar refractivity (Wildman–Crippen MR) is 76.9 cm³/mol. The molecule has 0 saturated carbocycles. The summed E-state index contributed by atoms with van der Waals surface area (Å²) in [6.45, 7) is 0.0173. The van der Waals surface area contributed by atoms with Crippen LogP contribution < -0.4 is 10.1 Å². The Balaban J connectivity index is 1.78. The third-order valence-electron chi connectivity index (χ3n) is 3.57. The number of hydrogen-bond acceptors (Lipinski definition) is 3. The van der Waals surface area contributed by atoms with Crippen LogP contribution in [-0.2, 0) is 11.2 Å². The molecule has 0 bridgehead atoms. The summed E-state index contributed by atoms with van der Waals surface area (Å²) < 4.78 is 42.4. The Kier molecular flexibility index (Phi) is 3.94. The maximum Gasteiger partial charge on any atom is 0.471 e. The van der Waals surface area contributed by atoms with Crippen LogP contribution in [0.2, 0.25) is 0 Å². The number of benzene rings is 1. The van der Waals surface area contributed by atoms with Crippen molar-refractivity contribution >= 4 is 5.91 Å². The van der Waals surface area contributed by atoms with Crippen LogP contribution in [-0.4, -0.2) is 29.7 Å². The predicted octanol–water partition coefficient (Wildman–Crippen LogP) is 2.73. The van der Waals surface area contributed by atoms with Gasteiger partial charge in [-0.3, -0.25) is 9.78 Å². The zero-order valence-corrected chi connectivity index (χ0v) is 11.9. The van der Waals surface area contributed by atoms with Gasteiger partial charge >= 0.3 is 12.1 Å². The van der Waals surface area contributed by atoms with Gasteiger partial charge in [0, 0.05) is 12.4 Å². The number of hydrogen-bond donors (Lipinski definition) is 1. The van der Waals surface area contributed by atoms with Crippen molar-refractivity contribution in [2.45, 2.75) is 18.6 Å². The standard InChI is InChI=1S/C16H13F3N2O2/c17-16(18,19)15(22)21-13-8-12-7-11(1-2-14(12)23-9-13)10-3-5-20-6-4-10/h1-7,13H,8-9H2,(H,21,22). The molecule has 1 unspecified atom stereocenters. The molecule has 0 spiro atoms. The van der Waals surface area contributed by atoms with Gasteiger partial charge < -0.3 is 10.1 Å². The molecule has 120 valence electrons. The molecule has 1 aromatic carbocycles. The van der Waals surface area contributed by atoms with E-state index in [4.69, 9.17) is 4.74 Å². The second kappa shape index (κ2) is 5.91. The smallest absolute Gasteiger partial charge is 0.471 e. The fraction of sp³-hybridized carbons (Fsp3) is 0.250. The molecule has 23 heavy (non-hydrogen) atoms. The van der Waals surface area contributed by atoms with Gasteiger partial charge in [0.1, 0.15) is 12.4 Å². The fourth-order valence-electron chi connectivity index (χ4n) is 2.48. The van der Waals surface area contributed by atoms with E-state index in [-0.39, 0.29) is 13.0 Å². The lowest BCUT2D eigenvalue weighted by Gasteiger charge is -2.26. The summed E-state index contributed by atoms with van der Waals surface area (Å²) in [5, 5.41) is 1.96. The lowest BCUT2D eigenvalue weighted by molar-refractivity contribution is -0.174. The van der Waals surface area contributed by atoms with Gasteiger partial charge in [0.25, 0.3) is 0 Å². The van der Waals surface area contributed by atoms with Crippen molar-refractivity contribution in [2.75, 3.05) is 6.61 Å². The highest BCUT2D eigenvalue weighted by Gasteiger charge is 2.40. The first-order valence-corrected chi connectivity index (χ1v) is 6.97. The van der Waals surface area contributed by atoms with Crippen molar-refractivity contribution < 1.29 is 22.7 Å². The number of alkyl halides is 3. The van der Waals surface area contributed by atoms with Gasteiger partial charge in [0.05, 0.1) is 6.04 Å². The summed E-state index contributed by atoms with van der Waals surface area (Å²) in [5.74, 6) is -1.32. The Hall–Kier alpha value is -2.57. The molecule has 2 heterocycles. The Morgan fingerprint density at radius 2 is 1.91 bits per heavy atom. The summed E-state index contributed by atoms with van der Waals surface area (Å²) in [5.41, 5.74) is 2.62. The quantitative estimate of drug-likeness (QED) is 0.925. The van der Waals surface area contributed by atoms with E-state index in [1.54, 1.807) is 18.5 Å². The van der Waals surface area contributed by atoms with Gasteiger partial charge in [-0.05, 0) is 47.4 Å². The monoisotopic (exact) mass is 322 g/mol. The number of amides is 1. The van der Waals surface area contributed by atoms with Gasteiger partial charge in [0.2, 0.25) is 0 Å². The first-order chi connectivity index (χ1) is 10.9. The van der Waals surface area contributed by atoms with Crippen molar-refractivity contribution in [1.82, 2.24) is 10.3 Å². The first kappa shape index (κ1) is 15.3. The molecule has 3 rings (SSSR count). The van der Waals surface area contributed by atoms with Crippen LogP contribution in [0, 0.1) is 0 Å². The third-order valence-corrected chi connectivity index (χ3v) is 3.57. The van der Waals surface area contributed by atoms with Crippen molar-refractivity contribution in [3.63, 3.8) is 0 Å². The number of halogens is 3. The molecule has 1 N–H and O–H groups in total. The van der Waals surface area contributed by atoms with Crippen LogP contribution in [0.4, 0.5) is 13.2 Å². The highest BCUT2D eigenvalue weighted by Crippen LogP contribution is 2.30. The second-order valence-electron chi connectivity index (χ2n) is 5.24. The molecule has 0 aliphatic carbocycles. The van der Waals surface area contributed by atoms with E-state index in [0.717, 1.165) is 16.7 Å². The number of pyridine rings is 1. The van der Waals surface area contributed by atoms with Crippen molar-refractivity contribution in [1.29, 1.82) is 0 Å². The maximum atomic E-state index is 12.3. The van der Waals surface area contributed by atoms with Crippen LogP contribution in [0.1, 0.15) is 5.56 Å². The third kappa shape index (κ3) is 3.44. The number of nitrogens with one attached hydrogen (secondary N) is 1. The molecule has 1 aromatic heterocycles. The highest BCUT2D eigenvalue weighted by atomic mass is 19.4. The van der Waals surface area contributed by atoms with E-state index in [9.17, 15) is 18.0 Å². The number of carbonyl (C=O) groups is 1. The molecular formula is C16H13F3N2O2. The van der Waals surface area contributed by atoms with E-state index in [2.05, 4.69) is 4.98 Å². The fourth-order valence-corrected chi connectivity index (χ4v) is 2.48. The highest BCUT2D eigenvalue weighted by molar-refractivity contribution is 5.82. The minimum atomic E-state index is -4.89. The summed E-state index contributed by atoms with van der Waals surface area (Å²) in [7, 11) is 0. The normalized spacial score (nSPS) is 17.1. The van der Waals surface area contributed by atoms with Crippen molar-refractivity contribution in [2.24, 2.45) is 0 Å². The maximum absolute atomic E-state index is 12.3. The number of carbonyl (C=O) groups excluding carboxylic acids is 1. The molecule has 1 aliphatic rings. The minimum absolute atomic E-state index is 0.0173. The zero-order valence-electron chi connectivity index (χ0n) is 11.9. The molecule has 1 amide bonds. The van der Waals surface area contributed by atoms with E-state index in [1.165, 1.54) is 0 Å². The van der Waals surface area contributed by atoms with Crippen LogP contribution >= 0.6 is 0 Å². The lowest BCUT2D eigenvalue weighted by Crippen LogP contribution is -2.47. The molecule has 2 aromatic rings. The number of rotatable bonds is 2. The number of aromatic nitrogens is 1. The van der Waals surface area contributed by atoms with Gasteiger partial charge in [-0.1, -0.05) is 6.07 Å². The molecule has 1 atom stereocenters. The van der Waals surface area contributed by atoms with Gasteiger partial charge in [-0.15, -0.1) is 0 Å². The topological polar surface area (TPSA) is 51.2 Å². The van der Waals surface area contributed by atoms with E-state index >= 15 is 0 Å². The SMILES string of the molecule is O=C(NC1COc2ccc(-c3ccncc3)cc2C1)C(F)(F)F. The summed E-state index contributed by atoms with van der Waals surface area (Å²) >= 11 is 0. The Labute approximate surface area is 130 Å². The molecular weight excluding hydrogens is 309 g/mol. The zero-order chi connectivity index (χ0) is 16.4. The van der Waals surface area contributed by atoms with Crippen molar-refractivity contribution in [3.05, 3.63) is 48.3 Å². The lowest BCUT2D eigenvalue weighted by atomic mass is 9.97. The van der Waals surface area contributed by atoms with Gasteiger partial charge in [-0.2, -0.15) is 13.2 Å². The average molecular weight is 322 g/mol. The largest absolute Gasteiger partial charge is 0.491 e. The number of fused-ring (bicyclic) bond motifs is 1. The molecule has 0 fully saturated rings. The van der Waals surface area contributed by atoms with Gasteiger partial charge in [0.15, 0.2) is 0 Å². The van der Waals surface area contributed by atoms with E-state index < -0.39 is 18.1 Å². The molecule has 1 aliphatic heterocycles. The molecule has 0 saturated heterocycles. The number of ether oxygens (including phenoxy) is 1. The van der Waals surface area contributed by atoms with E-state index in [0.29, 0.717) is 5.75 Å². The van der Waals surface area contributed by atoms with Crippen LogP contribution in [0.3, 0.4) is 0 Å². The van der Waals surface area contributed by atoms with Gasteiger partial charge in [-0.25, -0.2) is 0 Å². The van der Waals surface area contributed by atoms with Crippen molar-refractivity contribution in [3.8, 4) is 16.9 Å². The summed E-state index contributed by atoms with van der Waals surface area (Å²) in [4.78, 5) is 15.0. The van der Waals surface area contributed by atoms with E-state index in [1.807, 2.05) is 29.6 Å². The minimum Gasteiger partial charge on any atom is -0.491 e. The number of nitrogens with zero attached hydrogens (tertiary/aromatic N) is 1. The Bertz CT molecular complexity index is 717. The second-order valence-corrected chi connectivity index (χ2v) is 5.24. The van der Waals surface area contributed by atoms with Crippen LogP contribution in [0.25, 0.3) is 11.1 Å². The Morgan fingerprint density at radius 3 is 2.61 bits per heavy atom.